The number of aryl methyl sites for hydroxylation is 1. The van der Waals surface area contributed by atoms with Gasteiger partial charge in [0.25, 0.3) is 21.5 Å². The molecule has 0 radical (unpaired) electrons. The van der Waals surface area contributed by atoms with E-state index in [0.717, 1.165) is 16.7 Å². The number of fused-ring (bicyclic) bond motifs is 1. The summed E-state index contributed by atoms with van der Waals surface area (Å²) in [6.45, 7) is 2.57. The number of carbonyl (C=O) groups is 3. The molecule has 276 valence electrons. The van der Waals surface area contributed by atoms with Crippen LogP contribution in [0.15, 0.2) is 93.6 Å². The molecule has 0 bridgehead atoms. The van der Waals surface area contributed by atoms with Crippen LogP contribution < -0.4 is 26.6 Å². The highest BCUT2D eigenvalue weighted by molar-refractivity contribution is 7.92. The summed E-state index contributed by atoms with van der Waals surface area (Å²) >= 11 is 0. The Morgan fingerprint density at radius 2 is 1.62 bits per heavy atom. The second-order valence-electron chi connectivity index (χ2n) is 12.5. The number of nitrogens with zero attached hydrogens (tertiary/aromatic N) is 3. The van der Waals surface area contributed by atoms with Crippen LogP contribution in [-0.4, -0.2) is 63.2 Å². The van der Waals surface area contributed by atoms with E-state index >= 15 is 8.78 Å². The number of anilines is 2. The zero-order valence-corrected chi connectivity index (χ0v) is 29.1. The van der Waals surface area contributed by atoms with E-state index in [1.165, 1.54) is 80.3 Å². The van der Waals surface area contributed by atoms with Gasteiger partial charge < -0.3 is 20.8 Å². The number of aliphatic hydroxyl groups excluding tert-OH is 1. The summed E-state index contributed by atoms with van der Waals surface area (Å²) in [7, 11) is -3.02. The van der Waals surface area contributed by atoms with Crippen LogP contribution in [0.4, 0.5) is 20.2 Å². The molecule has 0 fully saturated rings. The summed E-state index contributed by atoms with van der Waals surface area (Å²) in [5, 5.41) is 24.0. The zero-order valence-electron chi connectivity index (χ0n) is 28.3. The molecule has 0 aliphatic carbocycles. The van der Waals surface area contributed by atoms with Gasteiger partial charge in [0.1, 0.15) is 17.7 Å². The minimum atomic E-state index is -4.49. The maximum atomic E-state index is 15.1. The van der Waals surface area contributed by atoms with Gasteiger partial charge in [-0.2, -0.15) is 0 Å². The van der Waals surface area contributed by atoms with Gasteiger partial charge in [0.2, 0.25) is 5.91 Å². The summed E-state index contributed by atoms with van der Waals surface area (Å²) in [5.74, 6) is -6.05. The first kappa shape index (κ1) is 38.0. The highest BCUT2D eigenvalue weighted by atomic mass is 32.2. The molecular formula is C35H32F2N6O9S. The van der Waals surface area contributed by atoms with Gasteiger partial charge in [0, 0.05) is 31.4 Å². The third-order valence-electron chi connectivity index (χ3n) is 8.29. The van der Waals surface area contributed by atoms with Crippen LogP contribution in [0.2, 0.25) is 0 Å². The fourth-order valence-corrected chi connectivity index (χ4v) is 6.13. The molecule has 0 aliphatic heterocycles. The minimum absolute atomic E-state index is 0.186. The van der Waals surface area contributed by atoms with Gasteiger partial charge in [-0.3, -0.25) is 28.7 Å². The van der Waals surface area contributed by atoms with Gasteiger partial charge in [0.15, 0.2) is 0 Å². The van der Waals surface area contributed by atoms with E-state index in [-0.39, 0.29) is 28.1 Å². The van der Waals surface area contributed by atoms with Crippen molar-refractivity contribution < 1.29 is 41.8 Å². The van der Waals surface area contributed by atoms with Crippen LogP contribution in [0.25, 0.3) is 16.6 Å². The van der Waals surface area contributed by atoms with E-state index < -0.39 is 80.0 Å². The fourth-order valence-electron chi connectivity index (χ4n) is 5.07. The third-order valence-corrected chi connectivity index (χ3v) is 9.67. The lowest BCUT2D eigenvalue weighted by molar-refractivity contribution is -0.139. The Kier molecular flexibility index (Phi) is 10.6. The molecule has 0 saturated heterocycles. The van der Waals surface area contributed by atoms with E-state index in [9.17, 15) is 42.6 Å². The molecule has 3 aromatic carbocycles. The van der Waals surface area contributed by atoms with Gasteiger partial charge >= 0.3 is 11.7 Å². The number of aromatic nitrogens is 3. The van der Waals surface area contributed by atoms with Crippen molar-refractivity contribution in [3.05, 3.63) is 123 Å². The SMILES string of the molecule is Cn1c(=O)n(-c2ccc(C[C@H](NC(=O)c3cc(F)c(NS(=O)(=O)c4ccc(NC(=O)C(C)(C)CO)cc4)cc3F)C(=O)O)cc2)c(=O)c2ccncc21. The molecule has 0 aliphatic rings. The lowest BCUT2D eigenvalue weighted by Crippen LogP contribution is -2.42. The Balaban J connectivity index is 1.29. The van der Waals surface area contributed by atoms with Crippen LogP contribution in [0.1, 0.15) is 29.8 Å². The topological polar surface area (TPSA) is 219 Å². The lowest BCUT2D eigenvalue weighted by Gasteiger charge is -2.20. The van der Waals surface area contributed by atoms with Crippen LogP contribution in [0, 0.1) is 17.0 Å². The number of aliphatic hydroxyl groups is 1. The number of nitrogens with one attached hydrogen (secondary N) is 3. The molecule has 0 saturated carbocycles. The van der Waals surface area contributed by atoms with E-state index in [0.29, 0.717) is 23.2 Å². The van der Waals surface area contributed by atoms with E-state index in [1.54, 1.807) is 0 Å². The Morgan fingerprint density at radius 1 is 0.962 bits per heavy atom. The highest BCUT2D eigenvalue weighted by Gasteiger charge is 2.28. The van der Waals surface area contributed by atoms with Crippen molar-refractivity contribution >= 4 is 50.1 Å². The third kappa shape index (κ3) is 7.97. The Labute approximate surface area is 299 Å². The van der Waals surface area contributed by atoms with Crippen LogP contribution in [0.3, 0.4) is 0 Å². The van der Waals surface area contributed by atoms with Crippen molar-refractivity contribution in [3.63, 3.8) is 0 Å². The number of carboxylic acid groups (broad SMARTS) is 1. The number of rotatable bonds is 12. The number of hydrogen-bond donors (Lipinski definition) is 5. The highest BCUT2D eigenvalue weighted by Crippen LogP contribution is 2.25. The molecule has 53 heavy (non-hydrogen) atoms. The van der Waals surface area contributed by atoms with E-state index in [2.05, 4.69) is 15.6 Å². The number of benzene rings is 3. The van der Waals surface area contributed by atoms with Crippen molar-refractivity contribution in [1.82, 2.24) is 19.4 Å². The summed E-state index contributed by atoms with van der Waals surface area (Å²) < 4.78 is 60.1. The predicted molar refractivity (Wildman–Crippen MR) is 188 cm³/mol. The number of pyridine rings is 1. The van der Waals surface area contributed by atoms with Crippen LogP contribution in [0.5, 0.6) is 0 Å². The molecule has 0 spiro atoms. The van der Waals surface area contributed by atoms with Gasteiger partial charge in [-0.05, 0) is 67.9 Å². The predicted octanol–water partition coefficient (Wildman–Crippen LogP) is 2.55. The Hall–Kier alpha value is -6.27. The number of hydrogen-bond acceptors (Lipinski definition) is 9. The van der Waals surface area contributed by atoms with Gasteiger partial charge in [0.05, 0.1) is 51.0 Å². The molecule has 1 atom stereocenters. The molecule has 5 aromatic rings. The summed E-state index contributed by atoms with van der Waals surface area (Å²) in [5.41, 5.74) is -3.02. The van der Waals surface area contributed by atoms with Crippen molar-refractivity contribution in [3.8, 4) is 5.69 Å². The molecule has 5 rings (SSSR count). The summed E-state index contributed by atoms with van der Waals surface area (Å²) in [4.78, 5) is 66.9. The summed E-state index contributed by atoms with van der Waals surface area (Å²) in [6.07, 6.45) is 2.46. The molecule has 2 aromatic heterocycles. The minimum Gasteiger partial charge on any atom is -0.480 e. The van der Waals surface area contributed by atoms with Crippen molar-refractivity contribution in [2.24, 2.45) is 12.5 Å². The van der Waals surface area contributed by atoms with Crippen LogP contribution in [-0.2, 0) is 33.1 Å². The normalized spacial score (nSPS) is 12.3. The molecule has 2 heterocycles. The number of carboxylic acids is 1. The fraction of sp³-hybridized carbons (Fsp3) is 0.200. The Morgan fingerprint density at radius 3 is 2.25 bits per heavy atom. The Bertz CT molecular complexity index is 2480. The van der Waals surface area contributed by atoms with Crippen molar-refractivity contribution in [2.75, 3.05) is 16.6 Å². The smallest absolute Gasteiger partial charge is 0.335 e. The van der Waals surface area contributed by atoms with Gasteiger partial charge in [-0.15, -0.1) is 0 Å². The van der Waals surface area contributed by atoms with Gasteiger partial charge in [-0.25, -0.2) is 31.4 Å². The number of amides is 2. The van der Waals surface area contributed by atoms with E-state index in [4.69, 9.17) is 0 Å². The average Bonchev–Trinajstić information content (AvgIpc) is 3.12. The first-order valence-electron chi connectivity index (χ1n) is 15.7. The first-order chi connectivity index (χ1) is 24.9. The van der Waals surface area contributed by atoms with E-state index in [1.807, 2.05) is 4.72 Å². The second-order valence-corrected chi connectivity index (χ2v) is 14.2. The molecule has 18 heteroatoms. The molecule has 2 amide bonds. The standard InChI is InChI=1S/C35H32F2N6O9S/c1-35(2,18-44)33(49)39-20-6-10-22(11-7-20)53(51,52)41-27-16-25(36)24(15-26(27)37)30(45)40-28(32(47)48)14-19-4-8-21(9-5-19)43-31(46)23-12-13-38-17-29(23)42(3)34(43)50/h4-13,15-17,28,41,44H,14,18H2,1-3H3,(H,39,49)(H,40,45)(H,47,48)/t28-/m0/s1. The first-order valence-corrected chi connectivity index (χ1v) is 17.1. The number of carbonyl (C=O) groups excluding carboxylic acids is 2. The second kappa shape index (κ2) is 14.8. The van der Waals surface area contributed by atoms with Crippen LogP contribution >= 0.6 is 0 Å². The lowest BCUT2D eigenvalue weighted by atomic mass is 9.93. The number of halogens is 2. The molecular weight excluding hydrogens is 718 g/mol. The van der Waals surface area contributed by atoms with Crippen molar-refractivity contribution in [1.29, 1.82) is 0 Å². The number of aliphatic carboxylic acids is 1. The maximum absolute atomic E-state index is 15.1. The largest absolute Gasteiger partial charge is 0.480 e. The number of sulfonamides is 1. The zero-order chi connectivity index (χ0) is 38.8. The molecule has 15 nitrogen and oxygen atoms in total. The molecule has 0 unspecified atom stereocenters. The quantitative estimate of drug-likeness (QED) is 0.126. The van der Waals surface area contributed by atoms with Gasteiger partial charge in [-0.1, -0.05) is 12.1 Å². The molecule has 5 N–H and O–H groups in total. The summed E-state index contributed by atoms with van der Waals surface area (Å²) in [6, 6.07) is 11.1. The monoisotopic (exact) mass is 750 g/mol. The maximum Gasteiger partial charge on any atom is 0.335 e. The average molecular weight is 751 g/mol. The van der Waals surface area contributed by atoms with Crippen molar-refractivity contribution in [2.45, 2.75) is 31.2 Å².